The van der Waals surface area contributed by atoms with Crippen LogP contribution in [0.5, 0.6) is 11.5 Å². The number of para-hydroxylation sites is 1. The van der Waals surface area contributed by atoms with Crippen LogP contribution in [-0.4, -0.2) is 30.3 Å². The maximum Gasteiger partial charge on any atom is 0.321 e. The maximum absolute atomic E-state index is 13.3. The molecule has 38 heavy (non-hydrogen) atoms. The zero-order valence-corrected chi connectivity index (χ0v) is 23.2. The average molecular weight is 530 g/mol. The zero-order valence-electron chi connectivity index (χ0n) is 22.3. The van der Waals surface area contributed by atoms with Gasteiger partial charge in [-0.3, -0.25) is 4.79 Å². The third-order valence-corrected chi connectivity index (χ3v) is 7.47. The lowest BCUT2D eigenvalue weighted by Gasteiger charge is -2.25. The van der Waals surface area contributed by atoms with Crippen LogP contribution in [0.4, 0.5) is 5.69 Å². The molecule has 0 bridgehead atoms. The van der Waals surface area contributed by atoms with E-state index in [1.165, 1.54) is 11.8 Å². The Morgan fingerprint density at radius 1 is 1.03 bits per heavy atom. The van der Waals surface area contributed by atoms with Gasteiger partial charge in [0.2, 0.25) is 0 Å². The molecule has 3 aromatic rings. The van der Waals surface area contributed by atoms with Gasteiger partial charge in [-0.15, -0.1) is 18.2 Å². The summed E-state index contributed by atoms with van der Waals surface area (Å²) in [7, 11) is 1.63. The van der Waals surface area contributed by atoms with Gasteiger partial charge in [0.15, 0.2) is 6.10 Å². The standard InChI is InChI=1S/C32H35NO4S/c1-7-29(25-12-11-15-28(20-25)36-27-13-9-8-10-14-27)37-32(34)31(23(4)5)38-30(35-6)21-33-26-18-16-24(17-19-26)22(2)3/h1,8-20,23,29-31,33H,2,21H2,3-6H3. The Balaban J connectivity index is 1.63. The number of benzene rings is 3. The highest BCUT2D eigenvalue weighted by atomic mass is 32.2. The summed E-state index contributed by atoms with van der Waals surface area (Å²) in [6, 6.07) is 24.8. The topological polar surface area (TPSA) is 56.8 Å². The van der Waals surface area contributed by atoms with Crippen molar-refractivity contribution in [2.45, 2.75) is 37.6 Å². The average Bonchev–Trinajstić information content (AvgIpc) is 2.92. The second-order valence-electron chi connectivity index (χ2n) is 9.18. The smallest absolute Gasteiger partial charge is 0.321 e. The first-order valence-corrected chi connectivity index (χ1v) is 13.4. The number of terminal acetylenes is 1. The number of rotatable bonds is 13. The maximum atomic E-state index is 13.3. The lowest BCUT2D eigenvalue weighted by molar-refractivity contribution is -0.147. The van der Waals surface area contributed by atoms with Crippen molar-refractivity contribution in [3.8, 4) is 23.8 Å². The zero-order chi connectivity index (χ0) is 27.5. The second-order valence-corrected chi connectivity index (χ2v) is 10.5. The highest BCUT2D eigenvalue weighted by Crippen LogP contribution is 2.30. The largest absolute Gasteiger partial charge is 0.457 e. The fourth-order valence-corrected chi connectivity index (χ4v) is 4.76. The van der Waals surface area contributed by atoms with E-state index in [4.69, 9.17) is 20.6 Å². The van der Waals surface area contributed by atoms with E-state index < -0.39 is 11.4 Å². The summed E-state index contributed by atoms with van der Waals surface area (Å²) in [6.07, 6.45) is 4.95. The van der Waals surface area contributed by atoms with Crippen LogP contribution in [-0.2, 0) is 14.3 Å². The van der Waals surface area contributed by atoms with Gasteiger partial charge in [-0.1, -0.05) is 74.4 Å². The van der Waals surface area contributed by atoms with Gasteiger partial charge in [0.1, 0.15) is 22.2 Å². The summed E-state index contributed by atoms with van der Waals surface area (Å²) < 4.78 is 17.4. The Hall–Kier alpha value is -3.66. The molecule has 0 fully saturated rings. The van der Waals surface area contributed by atoms with Gasteiger partial charge < -0.3 is 19.5 Å². The van der Waals surface area contributed by atoms with Crippen molar-refractivity contribution >= 4 is 29.0 Å². The SMILES string of the molecule is C#CC(OC(=O)C(SC(CNc1ccc(C(=C)C)cc1)OC)C(C)C)c1cccc(Oc2ccccc2)c1. The third kappa shape index (κ3) is 8.44. The molecule has 0 aliphatic carbocycles. The van der Waals surface area contributed by atoms with Gasteiger partial charge in [0.25, 0.3) is 0 Å². The number of thioether (sulfide) groups is 1. The van der Waals surface area contributed by atoms with Gasteiger partial charge in [0.05, 0.1) is 6.54 Å². The molecule has 6 heteroatoms. The van der Waals surface area contributed by atoms with Crippen LogP contribution in [0.2, 0.25) is 0 Å². The Labute approximate surface area is 230 Å². The molecule has 0 heterocycles. The fraction of sp³-hybridized carbons (Fsp3) is 0.281. The molecule has 3 unspecified atom stereocenters. The highest BCUT2D eigenvalue weighted by Gasteiger charge is 2.30. The van der Waals surface area contributed by atoms with Crippen molar-refractivity contribution in [1.82, 2.24) is 0 Å². The summed E-state index contributed by atoms with van der Waals surface area (Å²) in [6.45, 7) is 10.4. The van der Waals surface area contributed by atoms with Gasteiger partial charge in [-0.25, -0.2) is 0 Å². The summed E-state index contributed by atoms with van der Waals surface area (Å²) >= 11 is 1.42. The van der Waals surface area contributed by atoms with Gasteiger partial charge in [-0.05, 0) is 54.8 Å². The van der Waals surface area contributed by atoms with E-state index in [1.807, 2.05) is 93.6 Å². The van der Waals surface area contributed by atoms with E-state index in [0.717, 1.165) is 16.8 Å². The monoisotopic (exact) mass is 529 g/mol. The van der Waals surface area contributed by atoms with Crippen LogP contribution in [0.25, 0.3) is 5.57 Å². The highest BCUT2D eigenvalue weighted by molar-refractivity contribution is 8.01. The Kier molecular flexibility index (Phi) is 10.9. The molecule has 3 atom stereocenters. The first-order valence-electron chi connectivity index (χ1n) is 12.5. The number of hydrogen-bond donors (Lipinski definition) is 1. The minimum Gasteiger partial charge on any atom is -0.457 e. The molecule has 5 nitrogen and oxygen atoms in total. The van der Waals surface area contributed by atoms with Crippen LogP contribution in [0, 0.1) is 18.3 Å². The molecular weight excluding hydrogens is 494 g/mol. The second kappa shape index (κ2) is 14.3. The number of hydrogen-bond acceptors (Lipinski definition) is 6. The van der Waals surface area contributed by atoms with E-state index >= 15 is 0 Å². The van der Waals surface area contributed by atoms with Crippen molar-refractivity contribution in [2.24, 2.45) is 5.92 Å². The van der Waals surface area contributed by atoms with E-state index in [0.29, 0.717) is 23.6 Å². The number of anilines is 1. The summed E-state index contributed by atoms with van der Waals surface area (Å²) in [5.41, 5.74) is 3.47. The van der Waals surface area contributed by atoms with E-state index in [-0.39, 0.29) is 17.3 Å². The number of allylic oxidation sites excluding steroid dienone is 1. The van der Waals surface area contributed by atoms with Crippen LogP contribution in [0.15, 0.2) is 85.4 Å². The molecule has 0 spiro atoms. The summed E-state index contributed by atoms with van der Waals surface area (Å²) in [5.74, 6) is 3.55. The molecule has 3 aromatic carbocycles. The number of methoxy groups -OCH3 is 1. The molecule has 0 saturated carbocycles. The summed E-state index contributed by atoms with van der Waals surface area (Å²) in [5, 5.41) is 2.91. The van der Waals surface area contributed by atoms with E-state index in [9.17, 15) is 4.79 Å². The normalized spacial score (nSPS) is 13.2. The Morgan fingerprint density at radius 3 is 2.32 bits per heavy atom. The number of nitrogens with one attached hydrogen (secondary N) is 1. The fourth-order valence-electron chi connectivity index (χ4n) is 3.66. The first-order chi connectivity index (χ1) is 18.3. The number of carbonyl (C=O) groups excluding carboxylic acids is 1. The van der Waals surface area contributed by atoms with E-state index in [1.54, 1.807) is 13.2 Å². The van der Waals surface area contributed by atoms with Gasteiger partial charge >= 0.3 is 5.97 Å². The van der Waals surface area contributed by atoms with Crippen molar-refractivity contribution in [2.75, 3.05) is 19.0 Å². The number of esters is 1. The predicted octanol–water partition coefficient (Wildman–Crippen LogP) is 7.57. The van der Waals surface area contributed by atoms with Gasteiger partial charge in [-0.2, -0.15) is 0 Å². The van der Waals surface area contributed by atoms with Gasteiger partial charge in [0, 0.05) is 18.4 Å². The van der Waals surface area contributed by atoms with Crippen molar-refractivity contribution in [3.05, 3.63) is 96.6 Å². The predicted molar refractivity (Wildman–Crippen MR) is 157 cm³/mol. The molecule has 198 valence electrons. The van der Waals surface area contributed by atoms with Crippen LogP contribution in [0.3, 0.4) is 0 Å². The summed E-state index contributed by atoms with van der Waals surface area (Å²) in [4.78, 5) is 13.3. The molecule has 0 saturated heterocycles. The van der Waals surface area contributed by atoms with Crippen LogP contribution >= 0.6 is 11.8 Å². The van der Waals surface area contributed by atoms with E-state index in [2.05, 4.69) is 17.8 Å². The van der Waals surface area contributed by atoms with Crippen molar-refractivity contribution in [1.29, 1.82) is 0 Å². The van der Waals surface area contributed by atoms with Crippen molar-refractivity contribution in [3.63, 3.8) is 0 Å². The third-order valence-electron chi connectivity index (χ3n) is 5.77. The lowest BCUT2D eigenvalue weighted by Crippen LogP contribution is -2.31. The number of ether oxygens (including phenoxy) is 3. The molecule has 0 radical (unpaired) electrons. The van der Waals surface area contributed by atoms with Crippen LogP contribution in [0.1, 0.15) is 38.0 Å². The minimum atomic E-state index is -0.838. The first kappa shape index (κ1) is 28.9. The lowest BCUT2D eigenvalue weighted by atomic mass is 10.1. The quantitative estimate of drug-likeness (QED) is 0.140. The van der Waals surface area contributed by atoms with Crippen molar-refractivity contribution < 1.29 is 19.0 Å². The Bertz CT molecular complexity index is 1230. The molecule has 0 amide bonds. The molecular formula is C32H35NO4S. The molecule has 0 aliphatic heterocycles. The molecule has 0 aliphatic rings. The molecule has 1 N–H and O–H groups in total. The minimum absolute atomic E-state index is 0.00572. The molecule has 3 rings (SSSR count). The van der Waals surface area contributed by atoms with Crippen LogP contribution < -0.4 is 10.1 Å². The Morgan fingerprint density at radius 2 is 1.71 bits per heavy atom. The molecule has 0 aromatic heterocycles. The number of carbonyl (C=O) groups is 1.